The normalized spacial score (nSPS) is 14.7. The molecule has 0 bridgehead atoms. The van der Waals surface area contributed by atoms with E-state index in [4.69, 9.17) is 15.0 Å². The molecule has 0 radical (unpaired) electrons. The van der Waals surface area contributed by atoms with Crippen LogP contribution in [-0.4, -0.2) is 15.0 Å². The van der Waals surface area contributed by atoms with Gasteiger partial charge in [-0.2, -0.15) is 0 Å². The molecule has 308 valence electrons. The first-order chi connectivity index (χ1) is 32.0. The van der Waals surface area contributed by atoms with Crippen molar-refractivity contribution in [3.63, 3.8) is 0 Å². The molecule has 0 atom stereocenters. The summed E-state index contributed by atoms with van der Waals surface area (Å²) in [6.45, 7) is 4.63. The minimum atomic E-state index is -0.745. The second-order valence-electron chi connectivity index (χ2n) is 17.8. The van der Waals surface area contributed by atoms with Crippen molar-refractivity contribution >= 4 is 0 Å². The Kier molecular flexibility index (Phi) is 8.96. The van der Waals surface area contributed by atoms with E-state index >= 15 is 0 Å². The third-order valence-electron chi connectivity index (χ3n) is 14.2. The molecule has 0 amide bonds. The van der Waals surface area contributed by atoms with Gasteiger partial charge in [0.25, 0.3) is 0 Å². The number of aromatic nitrogens is 3. The summed E-state index contributed by atoms with van der Waals surface area (Å²) in [5.41, 5.74) is 15.9. The lowest BCUT2D eigenvalue weighted by Gasteiger charge is -2.57. The zero-order valence-electron chi connectivity index (χ0n) is 36.4. The molecule has 2 aliphatic rings. The van der Waals surface area contributed by atoms with Crippen molar-refractivity contribution in [2.75, 3.05) is 0 Å². The van der Waals surface area contributed by atoms with E-state index in [1.165, 1.54) is 61.2 Å². The lowest BCUT2D eigenvalue weighted by molar-refractivity contribution is 0.415. The summed E-state index contributed by atoms with van der Waals surface area (Å²) in [6, 6.07) is 86.2. The average molecular weight is 832 g/mol. The van der Waals surface area contributed by atoms with Gasteiger partial charge >= 0.3 is 0 Å². The zero-order valence-corrected chi connectivity index (χ0v) is 36.4. The van der Waals surface area contributed by atoms with Crippen LogP contribution in [0.2, 0.25) is 0 Å². The van der Waals surface area contributed by atoms with Gasteiger partial charge in [0.1, 0.15) is 0 Å². The maximum absolute atomic E-state index is 5.46. The molecular formula is C62H45N3. The molecule has 0 aliphatic heterocycles. The second kappa shape index (κ2) is 15.1. The van der Waals surface area contributed by atoms with E-state index in [1.54, 1.807) is 0 Å². The summed E-state index contributed by atoms with van der Waals surface area (Å²) in [7, 11) is 0. The summed E-state index contributed by atoms with van der Waals surface area (Å²) >= 11 is 0. The highest BCUT2D eigenvalue weighted by atomic mass is 15.0. The Bertz CT molecular complexity index is 3300. The summed E-state index contributed by atoms with van der Waals surface area (Å²) < 4.78 is 0. The van der Waals surface area contributed by atoms with Crippen molar-refractivity contribution in [2.24, 2.45) is 0 Å². The van der Waals surface area contributed by atoms with Crippen molar-refractivity contribution in [3.05, 3.63) is 281 Å². The SMILES string of the molecule is CC1(C)c2ccccc2-c2c(-c3nc(-c4ccccc4)nc(-c4ccc5c(c4)-c4ccccc4C(c4ccccc4)(c4ccccc4)C5(c4ccccc4)c4ccccc4)n3)cccc21. The van der Waals surface area contributed by atoms with Crippen LogP contribution >= 0.6 is 0 Å². The number of hydrogen-bond donors (Lipinski definition) is 0. The maximum Gasteiger partial charge on any atom is 0.164 e. The minimum Gasteiger partial charge on any atom is -0.208 e. The molecule has 1 heterocycles. The second-order valence-corrected chi connectivity index (χ2v) is 17.8. The summed E-state index contributed by atoms with van der Waals surface area (Å²) in [5.74, 6) is 1.93. The largest absolute Gasteiger partial charge is 0.208 e. The first-order valence-corrected chi connectivity index (χ1v) is 22.5. The standard InChI is InChI=1S/C62H45N3/c1-60(2)52-36-20-19-34-49(52)56-50(35-22-38-55(56)60)59-64-57(42-23-8-3-9-24-42)63-58(65-59)43-39-40-54-51(41-43)48-33-18-21-37-53(48)61(44-25-10-4-11-26-44,45-27-12-5-13-28-45)62(54,46-29-14-6-15-30-46)47-31-16-7-17-32-47/h3-41H,1-2H3. The van der Waals surface area contributed by atoms with Crippen LogP contribution in [0, 0.1) is 0 Å². The van der Waals surface area contributed by atoms with Crippen molar-refractivity contribution in [1.82, 2.24) is 15.0 Å². The Labute approximate surface area is 380 Å². The van der Waals surface area contributed by atoms with E-state index in [2.05, 4.69) is 232 Å². The predicted octanol–water partition coefficient (Wildman–Crippen LogP) is 14.5. The monoisotopic (exact) mass is 831 g/mol. The number of rotatable bonds is 7. The van der Waals surface area contributed by atoms with E-state index in [-0.39, 0.29) is 5.41 Å². The van der Waals surface area contributed by atoms with Crippen LogP contribution in [0.4, 0.5) is 0 Å². The van der Waals surface area contributed by atoms with Gasteiger partial charge in [-0.15, -0.1) is 0 Å². The Morgan fingerprint density at radius 3 is 1.23 bits per heavy atom. The Morgan fingerprint density at radius 2 is 0.677 bits per heavy atom. The fourth-order valence-corrected chi connectivity index (χ4v) is 11.5. The van der Waals surface area contributed by atoms with Gasteiger partial charge in [0, 0.05) is 22.1 Å². The molecule has 2 aliphatic carbocycles. The van der Waals surface area contributed by atoms with Crippen LogP contribution in [0.25, 0.3) is 56.4 Å². The molecule has 3 nitrogen and oxygen atoms in total. The van der Waals surface area contributed by atoms with Gasteiger partial charge in [0.15, 0.2) is 17.5 Å². The maximum atomic E-state index is 5.46. The summed E-state index contributed by atoms with van der Waals surface area (Å²) in [4.78, 5) is 16.1. The van der Waals surface area contributed by atoms with E-state index in [1.807, 2.05) is 18.2 Å². The lowest BCUT2D eigenvalue weighted by atomic mass is 9.43. The van der Waals surface area contributed by atoms with Gasteiger partial charge in [-0.1, -0.05) is 244 Å². The van der Waals surface area contributed by atoms with E-state index in [0.29, 0.717) is 17.5 Å². The van der Waals surface area contributed by atoms with Crippen molar-refractivity contribution in [2.45, 2.75) is 30.1 Å². The van der Waals surface area contributed by atoms with Crippen LogP contribution in [0.5, 0.6) is 0 Å². The molecule has 0 fully saturated rings. The number of nitrogens with zero attached hydrogens (tertiary/aromatic N) is 3. The third kappa shape index (κ3) is 5.65. The molecule has 0 saturated carbocycles. The number of benzene rings is 9. The molecular weight excluding hydrogens is 787 g/mol. The first kappa shape index (κ1) is 38.6. The van der Waals surface area contributed by atoms with Crippen LogP contribution in [0.3, 0.4) is 0 Å². The quantitative estimate of drug-likeness (QED) is 0.161. The Balaban J connectivity index is 1.17. The van der Waals surface area contributed by atoms with Gasteiger partial charge in [0.2, 0.25) is 0 Å². The van der Waals surface area contributed by atoms with E-state index in [9.17, 15) is 0 Å². The highest BCUT2D eigenvalue weighted by Gasteiger charge is 2.61. The highest BCUT2D eigenvalue weighted by molar-refractivity contribution is 5.92. The van der Waals surface area contributed by atoms with Crippen LogP contribution < -0.4 is 0 Å². The molecule has 0 spiro atoms. The molecule has 0 saturated heterocycles. The molecule has 0 N–H and O–H groups in total. The van der Waals surface area contributed by atoms with E-state index < -0.39 is 10.8 Å². The van der Waals surface area contributed by atoms with Crippen LogP contribution in [0.15, 0.2) is 237 Å². The molecule has 12 rings (SSSR count). The molecule has 1 aromatic heterocycles. The molecule has 9 aromatic carbocycles. The Hall–Kier alpha value is -8.01. The van der Waals surface area contributed by atoms with Gasteiger partial charge in [-0.25, -0.2) is 15.0 Å². The molecule has 65 heavy (non-hydrogen) atoms. The molecule has 3 heteroatoms. The number of fused-ring (bicyclic) bond motifs is 6. The predicted molar refractivity (Wildman–Crippen MR) is 265 cm³/mol. The van der Waals surface area contributed by atoms with Crippen LogP contribution in [-0.2, 0) is 16.2 Å². The van der Waals surface area contributed by atoms with Crippen LogP contribution in [0.1, 0.15) is 58.4 Å². The smallest absolute Gasteiger partial charge is 0.164 e. The third-order valence-corrected chi connectivity index (χ3v) is 14.2. The van der Waals surface area contributed by atoms with Crippen molar-refractivity contribution in [1.29, 1.82) is 0 Å². The zero-order chi connectivity index (χ0) is 43.6. The minimum absolute atomic E-state index is 0.162. The lowest BCUT2D eigenvalue weighted by Crippen LogP contribution is -2.54. The van der Waals surface area contributed by atoms with Gasteiger partial charge in [-0.05, 0) is 72.8 Å². The first-order valence-electron chi connectivity index (χ1n) is 22.5. The highest BCUT2D eigenvalue weighted by Crippen LogP contribution is 2.65. The Morgan fingerprint density at radius 1 is 0.277 bits per heavy atom. The fraction of sp³-hybridized carbons (Fsp3) is 0.0806. The van der Waals surface area contributed by atoms with E-state index in [0.717, 1.165) is 22.3 Å². The topological polar surface area (TPSA) is 38.7 Å². The molecule has 10 aromatic rings. The van der Waals surface area contributed by atoms with Crippen molar-refractivity contribution < 1.29 is 0 Å². The van der Waals surface area contributed by atoms with Gasteiger partial charge < -0.3 is 0 Å². The summed E-state index contributed by atoms with van der Waals surface area (Å²) in [6.07, 6.45) is 0. The number of hydrogen-bond acceptors (Lipinski definition) is 3. The van der Waals surface area contributed by atoms with Crippen molar-refractivity contribution in [3.8, 4) is 56.4 Å². The summed E-state index contributed by atoms with van der Waals surface area (Å²) in [5, 5.41) is 0. The molecule has 0 unspecified atom stereocenters. The average Bonchev–Trinajstić information content (AvgIpc) is 3.62. The van der Waals surface area contributed by atoms with Gasteiger partial charge in [-0.3, -0.25) is 0 Å². The van der Waals surface area contributed by atoms with Gasteiger partial charge in [0.05, 0.1) is 10.8 Å². The fourth-order valence-electron chi connectivity index (χ4n) is 11.5.